The molecular formula is C15H13FN2O2. The smallest absolute Gasteiger partial charge is 0.289 e. The Hall–Kier alpha value is -2.61. The van der Waals surface area contributed by atoms with E-state index in [1.54, 1.807) is 31.3 Å². The van der Waals surface area contributed by atoms with Gasteiger partial charge in [0.25, 0.3) is 5.91 Å². The molecule has 0 spiro atoms. The molecule has 0 bridgehead atoms. The molecule has 0 saturated heterocycles. The summed E-state index contributed by atoms with van der Waals surface area (Å²) in [5.41, 5.74) is 0.311. The van der Waals surface area contributed by atoms with Gasteiger partial charge < -0.3 is 9.32 Å². The van der Waals surface area contributed by atoms with Crippen LogP contribution < -0.4 is 0 Å². The zero-order valence-electron chi connectivity index (χ0n) is 11.0. The largest absolute Gasteiger partial charge is 0.451 e. The van der Waals surface area contributed by atoms with Crippen LogP contribution in [0.25, 0.3) is 11.3 Å². The van der Waals surface area contributed by atoms with Crippen molar-refractivity contribution >= 4 is 5.91 Å². The summed E-state index contributed by atoms with van der Waals surface area (Å²) in [7, 11) is 1.59. The molecule has 20 heavy (non-hydrogen) atoms. The highest BCUT2D eigenvalue weighted by Crippen LogP contribution is 2.25. The van der Waals surface area contributed by atoms with E-state index in [2.05, 4.69) is 0 Å². The number of amides is 1. The molecule has 1 heterocycles. The van der Waals surface area contributed by atoms with Crippen LogP contribution in [-0.2, 0) is 0 Å². The molecule has 0 aliphatic rings. The van der Waals surface area contributed by atoms with Gasteiger partial charge in [0, 0.05) is 13.6 Å². The Labute approximate surface area is 116 Å². The zero-order valence-corrected chi connectivity index (χ0v) is 11.0. The van der Waals surface area contributed by atoms with Crippen molar-refractivity contribution in [3.8, 4) is 17.4 Å². The second kappa shape index (κ2) is 6.02. The van der Waals surface area contributed by atoms with Crippen molar-refractivity contribution in [2.75, 3.05) is 13.6 Å². The standard InChI is InChI=1S/C15H13FN2O2/c1-18(10-4-9-17)15(19)14-8-7-13(20-14)11-5-2-3-6-12(11)16/h2-3,5-8H,4,10H2,1H3. The third kappa shape index (κ3) is 2.86. The van der Waals surface area contributed by atoms with Gasteiger partial charge in [-0.1, -0.05) is 12.1 Å². The average Bonchev–Trinajstić information content (AvgIpc) is 2.94. The fraction of sp³-hybridized carbons (Fsp3) is 0.200. The van der Waals surface area contributed by atoms with Crippen LogP contribution in [0.1, 0.15) is 17.0 Å². The lowest BCUT2D eigenvalue weighted by molar-refractivity contribution is 0.0767. The monoisotopic (exact) mass is 272 g/mol. The minimum absolute atomic E-state index is 0.128. The Bertz CT molecular complexity index is 658. The molecule has 0 saturated carbocycles. The topological polar surface area (TPSA) is 57.2 Å². The van der Waals surface area contributed by atoms with Crippen molar-refractivity contribution in [1.29, 1.82) is 5.26 Å². The number of carbonyl (C=O) groups is 1. The van der Waals surface area contributed by atoms with E-state index in [0.717, 1.165) is 0 Å². The third-order valence-electron chi connectivity index (χ3n) is 2.86. The SMILES string of the molecule is CN(CCC#N)C(=O)c1ccc(-c2ccccc2F)o1. The molecule has 0 aliphatic carbocycles. The number of halogens is 1. The van der Waals surface area contributed by atoms with Crippen molar-refractivity contribution in [3.63, 3.8) is 0 Å². The Morgan fingerprint density at radius 3 is 2.80 bits per heavy atom. The van der Waals surface area contributed by atoms with Crippen LogP contribution >= 0.6 is 0 Å². The molecule has 1 aromatic carbocycles. The van der Waals surface area contributed by atoms with E-state index >= 15 is 0 Å². The van der Waals surface area contributed by atoms with Crippen LogP contribution in [0.15, 0.2) is 40.8 Å². The summed E-state index contributed by atoms with van der Waals surface area (Å²) in [5.74, 6) is -0.301. The quantitative estimate of drug-likeness (QED) is 0.859. The molecule has 4 nitrogen and oxygen atoms in total. The van der Waals surface area contributed by atoms with Crippen LogP contribution in [0.3, 0.4) is 0 Å². The van der Waals surface area contributed by atoms with Gasteiger partial charge in [0.05, 0.1) is 18.1 Å². The molecular weight excluding hydrogens is 259 g/mol. The number of carbonyl (C=O) groups excluding carboxylic acids is 1. The summed E-state index contributed by atoms with van der Waals surface area (Å²) in [4.78, 5) is 13.4. The van der Waals surface area contributed by atoms with Crippen LogP contribution in [0.5, 0.6) is 0 Å². The fourth-order valence-corrected chi connectivity index (χ4v) is 1.77. The number of nitriles is 1. The summed E-state index contributed by atoms with van der Waals surface area (Å²) in [6.07, 6.45) is 0.253. The number of furan rings is 1. The average molecular weight is 272 g/mol. The first-order chi connectivity index (χ1) is 9.63. The van der Waals surface area contributed by atoms with E-state index in [1.807, 2.05) is 6.07 Å². The molecule has 0 fully saturated rings. The zero-order chi connectivity index (χ0) is 14.5. The number of benzene rings is 1. The van der Waals surface area contributed by atoms with Crippen molar-refractivity contribution < 1.29 is 13.6 Å². The summed E-state index contributed by atoms with van der Waals surface area (Å²) in [6.45, 7) is 0.324. The number of hydrogen-bond acceptors (Lipinski definition) is 3. The van der Waals surface area contributed by atoms with Crippen molar-refractivity contribution in [1.82, 2.24) is 4.90 Å². The maximum absolute atomic E-state index is 13.6. The van der Waals surface area contributed by atoms with Gasteiger partial charge in [-0.2, -0.15) is 5.26 Å². The normalized spacial score (nSPS) is 10.1. The van der Waals surface area contributed by atoms with Gasteiger partial charge >= 0.3 is 0 Å². The predicted octanol–water partition coefficient (Wildman–Crippen LogP) is 3.07. The van der Waals surface area contributed by atoms with Gasteiger partial charge in [0.1, 0.15) is 11.6 Å². The molecule has 0 atom stereocenters. The van der Waals surface area contributed by atoms with Gasteiger partial charge in [-0.25, -0.2) is 4.39 Å². The van der Waals surface area contributed by atoms with E-state index < -0.39 is 5.82 Å². The van der Waals surface area contributed by atoms with Crippen LogP contribution in [-0.4, -0.2) is 24.4 Å². The Morgan fingerprint density at radius 1 is 1.35 bits per heavy atom. The van der Waals surface area contributed by atoms with E-state index in [4.69, 9.17) is 9.68 Å². The molecule has 102 valence electrons. The lowest BCUT2D eigenvalue weighted by Gasteiger charge is -2.13. The van der Waals surface area contributed by atoms with Crippen LogP contribution in [0.2, 0.25) is 0 Å². The van der Waals surface area contributed by atoms with Crippen LogP contribution in [0, 0.1) is 17.1 Å². The summed E-state index contributed by atoms with van der Waals surface area (Å²) in [5, 5.41) is 8.50. The highest BCUT2D eigenvalue weighted by Gasteiger charge is 2.17. The maximum Gasteiger partial charge on any atom is 0.289 e. The van der Waals surface area contributed by atoms with Crippen molar-refractivity contribution in [2.45, 2.75) is 6.42 Å². The summed E-state index contributed by atoms with van der Waals surface area (Å²) < 4.78 is 19.0. The fourth-order valence-electron chi connectivity index (χ4n) is 1.77. The van der Waals surface area contributed by atoms with Gasteiger partial charge in [0.2, 0.25) is 0 Å². The van der Waals surface area contributed by atoms with Crippen molar-refractivity contribution in [2.24, 2.45) is 0 Å². The number of nitrogens with zero attached hydrogens (tertiary/aromatic N) is 2. The first-order valence-electron chi connectivity index (χ1n) is 6.10. The molecule has 0 N–H and O–H groups in total. The summed E-state index contributed by atoms with van der Waals surface area (Å²) >= 11 is 0. The second-order valence-electron chi connectivity index (χ2n) is 4.28. The Balaban J connectivity index is 2.19. The van der Waals surface area contributed by atoms with E-state index in [9.17, 15) is 9.18 Å². The molecule has 2 rings (SSSR count). The molecule has 0 aliphatic heterocycles. The lowest BCUT2D eigenvalue weighted by Crippen LogP contribution is -2.27. The predicted molar refractivity (Wildman–Crippen MR) is 71.3 cm³/mol. The maximum atomic E-state index is 13.6. The second-order valence-corrected chi connectivity index (χ2v) is 4.28. The Kier molecular flexibility index (Phi) is 4.16. The first-order valence-corrected chi connectivity index (χ1v) is 6.10. The molecule has 0 radical (unpaired) electrons. The molecule has 1 amide bonds. The van der Waals surface area contributed by atoms with Gasteiger partial charge in [0.15, 0.2) is 5.76 Å². The van der Waals surface area contributed by atoms with E-state index in [-0.39, 0.29) is 18.1 Å². The van der Waals surface area contributed by atoms with Gasteiger partial charge in [-0.15, -0.1) is 0 Å². The lowest BCUT2D eigenvalue weighted by atomic mass is 10.1. The van der Waals surface area contributed by atoms with E-state index in [1.165, 1.54) is 17.0 Å². The highest BCUT2D eigenvalue weighted by atomic mass is 19.1. The Morgan fingerprint density at radius 2 is 2.10 bits per heavy atom. The molecule has 2 aromatic rings. The minimum Gasteiger partial charge on any atom is -0.451 e. The highest BCUT2D eigenvalue weighted by molar-refractivity contribution is 5.91. The van der Waals surface area contributed by atoms with E-state index in [0.29, 0.717) is 17.9 Å². The van der Waals surface area contributed by atoms with Gasteiger partial charge in [-0.05, 0) is 24.3 Å². The van der Waals surface area contributed by atoms with Crippen LogP contribution in [0.4, 0.5) is 4.39 Å². The van der Waals surface area contributed by atoms with Gasteiger partial charge in [-0.3, -0.25) is 4.79 Å². The minimum atomic E-state index is -0.404. The molecule has 0 unspecified atom stereocenters. The molecule has 5 heteroatoms. The van der Waals surface area contributed by atoms with Crippen molar-refractivity contribution in [3.05, 3.63) is 48.0 Å². The number of hydrogen-bond donors (Lipinski definition) is 0. The molecule has 1 aromatic heterocycles. The number of rotatable bonds is 4. The first kappa shape index (κ1) is 13.8. The summed E-state index contributed by atoms with van der Waals surface area (Å²) in [6, 6.07) is 11.2. The third-order valence-corrected chi connectivity index (χ3v) is 2.86.